The molecule has 0 saturated carbocycles. The summed E-state index contributed by atoms with van der Waals surface area (Å²) in [6, 6.07) is 14.1. The molecule has 0 unspecified atom stereocenters. The molecule has 3 aromatic rings. The molecule has 0 aliphatic heterocycles. The maximum absolute atomic E-state index is 11.9. The normalized spacial score (nSPS) is 10.5. The zero-order valence-corrected chi connectivity index (χ0v) is 13.1. The summed E-state index contributed by atoms with van der Waals surface area (Å²) in [5.41, 5.74) is 2.30. The van der Waals surface area contributed by atoms with Crippen LogP contribution in [-0.4, -0.2) is 16.2 Å². The van der Waals surface area contributed by atoms with Crippen molar-refractivity contribution in [3.8, 4) is 11.5 Å². The molecule has 6 heteroatoms. The van der Waals surface area contributed by atoms with Gasteiger partial charge in [-0.05, 0) is 43.3 Å². The highest BCUT2D eigenvalue weighted by molar-refractivity contribution is 6.30. The monoisotopic (exact) mass is 328 g/mol. The molecule has 0 radical (unpaired) electrons. The van der Waals surface area contributed by atoms with Crippen LogP contribution in [0.15, 0.2) is 52.9 Å². The number of aryl methyl sites for hydroxylation is 1. The van der Waals surface area contributed by atoms with Gasteiger partial charge in [0.2, 0.25) is 5.89 Å². The van der Waals surface area contributed by atoms with Gasteiger partial charge >= 0.3 is 5.97 Å². The summed E-state index contributed by atoms with van der Waals surface area (Å²) in [5, 5.41) is 8.42. The van der Waals surface area contributed by atoms with Gasteiger partial charge in [0, 0.05) is 10.6 Å². The molecular weight excluding hydrogens is 316 g/mol. The third-order valence-corrected chi connectivity index (χ3v) is 3.42. The lowest BCUT2D eigenvalue weighted by molar-refractivity contribution is 0.0438. The van der Waals surface area contributed by atoms with Crippen molar-refractivity contribution in [1.82, 2.24) is 10.2 Å². The van der Waals surface area contributed by atoms with Gasteiger partial charge in [0.1, 0.15) is 0 Å². The molecule has 0 atom stereocenters. The number of benzene rings is 2. The Morgan fingerprint density at radius 2 is 1.78 bits per heavy atom. The molecule has 1 heterocycles. The smallest absolute Gasteiger partial charge is 0.338 e. The third-order valence-electron chi connectivity index (χ3n) is 3.17. The first kappa shape index (κ1) is 15.2. The Hall–Kier alpha value is -2.66. The molecular formula is C17H13ClN2O3. The van der Waals surface area contributed by atoms with Gasteiger partial charge < -0.3 is 9.15 Å². The van der Waals surface area contributed by atoms with Crippen molar-refractivity contribution in [3.63, 3.8) is 0 Å². The fraction of sp³-hybridized carbons (Fsp3) is 0.118. The molecule has 0 aliphatic rings. The predicted octanol–water partition coefficient (Wildman–Crippen LogP) is 4.06. The van der Waals surface area contributed by atoms with E-state index in [4.69, 9.17) is 20.8 Å². The standard InChI is InChI=1S/C17H13ClN2O3/c1-11-2-4-13(5-3-11)17(21)22-10-15-19-20-16(23-15)12-6-8-14(18)9-7-12/h2-9H,10H2,1H3. The number of hydrogen-bond acceptors (Lipinski definition) is 5. The van der Waals surface area contributed by atoms with Crippen molar-refractivity contribution in [3.05, 3.63) is 70.6 Å². The summed E-state index contributed by atoms with van der Waals surface area (Å²) in [7, 11) is 0. The summed E-state index contributed by atoms with van der Waals surface area (Å²) < 4.78 is 10.6. The van der Waals surface area contributed by atoms with Crippen LogP contribution in [0.25, 0.3) is 11.5 Å². The Morgan fingerprint density at radius 3 is 2.48 bits per heavy atom. The minimum atomic E-state index is -0.434. The first-order valence-corrected chi connectivity index (χ1v) is 7.32. The zero-order chi connectivity index (χ0) is 16.2. The molecule has 0 spiro atoms. The lowest BCUT2D eigenvalue weighted by Gasteiger charge is -2.02. The minimum absolute atomic E-state index is 0.0761. The van der Waals surface area contributed by atoms with Crippen LogP contribution in [0.2, 0.25) is 5.02 Å². The Kier molecular flexibility index (Phi) is 4.39. The third kappa shape index (κ3) is 3.76. The van der Waals surface area contributed by atoms with Crippen molar-refractivity contribution < 1.29 is 13.9 Å². The van der Waals surface area contributed by atoms with E-state index in [2.05, 4.69) is 10.2 Å². The second-order valence-electron chi connectivity index (χ2n) is 4.95. The lowest BCUT2D eigenvalue weighted by atomic mass is 10.1. The summed E-state index contributed by atoms with van der Waals surface area (Å²) in [4.78, 5) is 11.9. The second kappa shape index (κ2) is 6.62. The van der Waals surface area contributed by atoms with Gasteiger partial charge in [0.15, 0.2) is 6.61 Å². The van der Waals surface area contributed by atoms with Crippen molar-refractivity contribution in [2.45, 2.75) is 13.5 Å². The molecule has 0 amide bonds. The van der Waals surface area contributed by atoms with Gasteiger partial charge in [-0.25, -0.2) is 4.79 Å². The number of carbonyl (C=O) groups is 1. The second-order valence-corrected chi connectivity index (χ2v) is 5.39. The van der Waals surface area contributed by atoms with E-state index >= 15 is 0 Å². The highest BCUT2D eigenvalue weighted by atomic mass is 35.5. The van der Waals surface area contributed by atoms with Crippen LogP contribution in [0.1, 0.15) is 21.8 Å². The van der Waals surface area contributed by atoms with Crippen LogP contribution in [0, 0.1) is 6.92 Å². The molecule has 2 aromatic carbocycles. The molecule has 0 aliphatic carbocycles. The maximum atomic E-state index is 11.9. The van der Waals surface area contributed by atoms with E-state index in [0.29, 0.717) is 16.5 Å². The lowest BCUT2D eigenvalue weighted by Crippen LogP contribution is -2.05. The Bertz CT molecular complexity index is 811. The molecule has 116 valence electrons. The molecule has 3 rings (SSSR count). The van der Waals surface area contributed by atoms with Crippen LogP contribution < -0.4 is 0 Å². The summed E-state index contributed by atoms with van der Waals surface area (Å²) >= 11 is 5.83. The summed E-state index contributed by atoms with van der Waals surface area (Å²) in [6.07, 6.45) is 0. The van der Waals surface area contributed by atoms with Crippen LogP contribution in [0.5, 0.6) is 0 Å². The van der Waals surface area contributed by atoms with Crippen LogP contribution in [0.4, 0.5) is 0 Å². The molecule has 0 saturated heterocycles. The SMILES string of the molecule is Cc1ccc(C(=O)OCc2nnc(-c3ccc(Cl)cc3)o2)cc1. The van der Waals surface area contributed by atoms with Crippen molar-refractivity contribution in [2.75, 3.05) is 0 Å². The molecule has 0 bridgehead atoms. The van der Waals surface area contributed by atoms with E-state index in [1.807, 2.05) is 19.1 Å². The van der Waals surface area contributed by atoms with Gasteiger partial charge in [-0.3, -0.25) is 0 Å². The number of rotatable bonds is 4. The van der Waals surface area contributed by atoms with Gasteiger partial charge in [-0.15, -0.1) is 10.2 Å². The molecule has 23 heavy (non-hydrogen) atoms. The predicted molar refractivity (Wildman–Crippen MR) is 85.0 cm³/mol. The van der Waals surface area contributed by atoms with E-state index in [0.717, 1.165) is 11.1 Å². The van der Waals surface area contributed by atoms with Gasteiger partial charge in [0.05, 0.1) is 5.56 Å². The number of ether oxygens (including phenoxy) is 1. The van der Waals surface area contributed by atoms with Crippen LogP contribution >= 0.6 is 11.6 Å². The summed E-state index contributed by atoms with van der Waals surface area (Å²) in [5.74, 6) is 0.148. The van der Waals surface area contributed by atoms with Gasteiger partial charge in [-0.1, -0.05) is 29.3 Å². The largest absolute Gasteiger partial charge is 0.452 e. The van der Waals surface area contributed by atoms with Crippen LogP contribution in [0.3, 0.4) is 0 Å². The van der Waals surface area contributed by atoms with E-state index < -0.39 is 5.97 Å². The Morgan fingerprint density at radius 1 is 1.09 bits per heavy atom. The quantitative estimate of drug-likeness (QED) is 0.676. The fourth-order valence-corrected chi connectivity index (χ4v) is 2.05. The Labute approximate surface area is 137 Å². The van der Waals surface area contributed by atoms with E-state index in [1.54, 1.807) is 36.4 Å². The number of aromatic nitrogens is 2. The molecule has 0 N–H and O–H groups in total. The van der Waals surface area contributed by atoms with Crippen molar-refractivity contribution in [1.29, 1.82) is 0 Å². The van der Waals surface area contributed by atoms with Gasteiger partial charge in [0.25, 0.3) is 5.89 Å². The van der Waals surface area contributed by atoms with Crippen molar-refractivity contribution >= 4 is 17.6 Å². The molecule has 5 nitrogen and oxygen atoms in total. The first-order chi connectivity index (χ1) is 11.1. The zero-order valence-electron chi connectivity index (χ0n) is 12.3. The number of hydrogen-bond donors (Lipinski definition) is 0. The number of esters is 1. The Balaban J connectivity index is 1.64. The fourth-order valence-electron chi connectivity index (χ4n) is 1.92. The van der Waals surface area contributed by atoms with Gasteiger partial charge in [-0.2, -0.15) is 0 Å². The van der Waals surface area contributed by atoms with E-state index in [1.165, 1.54) is 0 Å². The highest BCUT2D eigenvalue weighted by Crippen LogP contribution is 2.20. The first-order valence-electron chi connectivity index (χ1n) is 6.94. The minimum Gasteiger partial charge on any atom is -0.452 e. The number of carbonyl (C=O) groups excluding carboxylic acids is 1. The van der Waals surface area contributed by atoms with E-state index in [9.17, 15) is 4.79 Å². The maximum Gasteiger partial charge on any atom is 0.338 e. The molecule has 0 fully saturated rings. The van der Waals surface area contributed by atoms with E-state index in [-0.39, 0.29) is 12.5 Å². The van der Waals surface area contributed by atoms with Crippen LogP contribution in [-0.2, 0) is 11.3 Å². The molecule has 1 aromatic heterocycles. The average molecular weight is 329 g/mol. The average Bonchev–Trinajstić information content (AvgIpc) is 3.03. The number of nitrogens with zero attached hydrogens (tertiary/aromatic N) is 2. The van der Waals surface area contributed by atoms with Crippen molar-refractivity contribution in [2.24, 2.45) is 0 Å². The summed E-state index contributed by atoms with van der Waals surface area (Å²) in [6.45, 7) is 1.87. The topological polar surface area (TPSA) is 65.2 Å². The highest BCUT2D eigenvalue weighted by Gasteiger charge is 2.12. The number of halogens is 1.